The van der Waals surface area contributed by atoms with E-state index in [9.17, 15) is 18.0 Å². The van der Waals surface area contributed by atoms with Crippen molar-refractivity contribution in [3.63, 3.8) is 0 Å². The minimum absolute atomic E-state index is 0.0273. The van der Waals surface area contributed by atoms with Gasteiger partial charge in [-0.05, 0) is 74.0 Å². The van der Waals surface area contributed by atoms with E-state index in [0.717, 1.165) is 35.7 Å². The zero-order valence-electron chi connectivity index (χ0n) is 17.7. The molecule has 7 heteroatoms. The van der Waals surface area contributed by atoms with Gasteiger partial charge in [0.1, 0.15) is 0 Å². The van der Waals surface area contributed by atoms with Crippen LogP contribution >= 0.6 is 0 Å². The molecule has 4 atom stereocenters. The highest BCUT2D eigenvalue weighted by Crippen LogP contribution is 2.55. The maximum atomic E-state index is 13.4. The monoisotopic (exact) mass is 431 g/mol. The molecule has 2 aromatic rings. The third-order valence-corrected chi connectivity index (χ3v) is 6.43. The molecule has 1 unspecified atom stereocenters. The van der Waals surface area contributed by atoms with Gasteiger partial charge < -0.3 is 15.5 Å². The number of alkyl halides is 3. The van der Waals surface area contributed by atoms with E-state index in [-0.39, 0.29) is 29.7 Å². The van der Waals surface area contributed by atoms with Crippen LogP contribution in [0.3, 0.4) is 0 Å². The molecule has 2 N–H and O–H groups in total. The summed E-state index contributed by atoms with van der Waals surface area (Å²) in [6.45, 7) is 0.876. The van der Waals surface area contributed by atoms with Gasteiger partial charge in [-0.2, -0.15) is 13.2 Å². The lowest BCUT2D eigenvalue weighted by molar-refractivity contribution is -0.137. The molecule has 31 heavy (non-hydrogen) atoms. The fourth-order valence-electron chi connectivity index (χ4n) is 5.12. The van der Waals surface area contributed by atoms with E-state index in [2.05, 4.69) is 22.8 Å². The van der Waals surface area contributed by atoms with Crippen LogP contribution in [0.25, 0.3) is 0 Å². The first-order valence-electron chi connectivity index (χ1n) is 10.7. The van der Waals surface area contributed by atoms with E-state index in [1.54, 1.807) is 6.07 Å². The van der Waals surface area contributed by atoms with Gasteiger partial charge >= 0.3 is 6.18 Å². The fraction of sp³-hybridized carbons (Fsp3) is 0.458. The van der Waals surface area contributed by atoms with Crippen LogP contribution in [0, 0.1) is 11.8 Å². The van der Waals surface area contributed by atoms with Gasteiger partial charge in [-0.1, -0.05) is 30.3 Å². The lowest BCUT2D eigenvalue weighted by Gasteiger charge is -2.38. The third-order valence-electron chi connectivity index (χ3n) is 6.43. The van der Waals surface area contributed by atoms with Crippen molar-refractivity contribution in [3.05, 3.63) is 65.2 Å². The van der Waals surface area contributed by atoms with Gasteiger partial charge in [0.25, 0.3) is 0 Å². The highest BCUT2D eigenvalue weighted by atomic mass is 19.4. The molecule has 0 aromatic heterocycles. The molecule has 0 bridgehead atoms. The van der Waals surface area contributed by atoms with Crippen molar-refractivity contribution in [2.45, 2.75) is 31.0 Å². The largest absolute Gasteiger partial charge is 0.416 e. The average Bonchev–Trinajstić information content (AvgIpc) is 3.15. The Morgan fingerprint density at radius 3 is 2.55 bits per heavy atom. The molecular weight excluding hydrogens is 403 g/mol. The molecule has 2 aliphatic rings. The first kappa shape index (κ1) is 21.7. The fourth-order valence-corrected chi connectivity index (χ4v) is 5.12. The summed E-state index contributed by atoms with van der Waals surface area (Å²) in [6, 6.07) is 14.1. The summed E-state index contributed by atoms with van der Waals surface area (Å²) in [5, 5.41) is 6.51. The second-order valence-electron chi connectivity index (χ2n) is 8.98. The van der Waals surface area contributed by atoms with E-state index in [0.29, 0.717) is 13.1 Å². The summed E-state index contributed by atoms with van der Waals surface area (Å²) < 4.78 is 40.1. The Morgan fingerprint density at radius 2 is 1.87 bits per heavy atom. The summed E-state index contributed by atoms with van der Waals surface area (Å²) in [5.41, 5.74) is 2.06. The van der Waals surface area contributed by atoms with Crippen molar-refractivity contribution in [1.82, 2.24) is 10.2 Å². The van der Waals surface area contributed by atoms with Crippen LogP contribution in [0.2, 0.25) is 0 Å². The number of carbonyl (C=O) groups excluding carboxylic acids is 1. The van der Waals surface area contributed by atoms with Crippen LogP contribution < -0.4 is 10.6 Å². The quantitative estimate of drug-likeness (QED) is 0.724. The van der Waals surface area contributed by atoms with Crippen LogP contribution in [-0.2, 0) is 11.0 Å². The Labute approximate surface area is 180 Å². The van der Waals surface area contributed by atoms with Crippen molar-refractivity contribution >= 4 is 11.6 Å². The highest BCUT2D eigenvalue weighted by molar-refractivity contribution is 5.77. The summed E-state index contributed by atoms with van der Waals surface area (Å²) >= 11 is 0. The third kappa shape index (κ3) is 4.71. The predicted molar refractivity (Wildman–Crippen MR) is 115 cm³/mol. The van der Waals surface area contributed by atoms with Gasteiger partial charge in [0, 0.05) is 12.2 Å². The zero-order valence-corrected chi connectivity index (χ0v) is 17.7. The van der Waals surface area contributed by atoms with Gasteiger partial charge in [0.15, 0.2) is 0 Å². The lowest BCUT2D eigenvalue weighted by atomic mass is 9.77. The van der Waals surface area contributed by atoms with Crippen molar-refractivity contribution in [3.8, 4) is 0 Å². The number of hydrogen-bond acceptors (Lipinski definition) is 3. The van der Waals surface area contributed by atoms with E-state index in [1.165, 1.54) is 6.07 Å². The van der Waals surface area contributed by atoms with Gasteiger partial charge in [0.2, 0.25) is 5.91 Å². The first-order chi connectivity index (χ1) is 14.7. The number of nitrogens with one attached hydrogen (secondary N) is 2. The van der Waals surface area contributed by atoms with Crippen LogP contribution in [0.1, 0.15) is 41.5 Å². The molecule has 0 radical (unpaired) electrons. The normalized spacial score (nSPS) is 25.0. The molecule has 1 fully saturated rings. The SMILES string of the molecule is CN(C)CC(=O)NC[C@@H]1CC2[C@H](C1)c1cc(C(F)(F)F)ccc1N[C@H]2c1ccccc1. The Kier molecular flexibility index (Phi) is 5.97. The van der Waals surface area contributed by atoms with Crippen LogP contribution in [-0.4, -0.2) is 38.0 Å². The summed E-state index contributed by atoms with van der Waals surface area (Å²) in [4.78, 5) is 13.9. The van der Waals surface area contributed by atoms with Gasteiger partial charge in [0.05, 0.1) is 18.2 Å². The smallest absolute Gasteiger partial charge is 0.378 e. The molecule has 4 nitrogen and oxygen atoms in total. The first-order valence-corrected chi connectivity index (χ1v) is 10.7. The molecule has 1 amide bonds. The Bertz CT molecular complexity index is 929. The Morgan fingerprint density at radius 1 is 1.13 bits per heavy atom. The number of benzene rings is 2. The van der Waals surface area contributed by atoms with Crippen molar-refractivity contribution < 1.29 is 18.0 Å². The number of amides is 1. The van der Waals surface area contributed by atoms with Gasteiger partial charge in [-0.25, -0.2) is 0 Å². The molecule has 1 aliphatic carbocycles. The molecule has 0 saturated heterocycles. The summed E-state index contributed by atoms with van der Waals surface area (Å²) in [6.07, 6.45) is -2.74. The summed E-state index contributed by atoms with van der Waals surface area (Å²) in [7, 11) is 3.68. The Balaban J connectivity index is 1.61. The van der Waals surface area contributed by atoms with Crippen LogP contribution in [0.4, 0.5) is 18.9 Å². The molecule has 2 aromatic carbocycles. The van der Waals surface area contributed by atoms with Crippen molar-refractivity contribution in [2.75, 3.05) is 32.5 Å². The van der Waals surface area contributed by atoms with E-state index in [1.807, 2.05) is 37.2 Å². The van der Waals surface area contributed by atoms with Gasteiger partial charge in [-0.3, -0.25) is 4.79 Å². The highest BCUT2D eigenvalue weighted by Gasteiger charge is 2.45. The van der Waals surface area contributed by atoms with Crippen molar-refractivity contribution in [2.24, 2.45) is 11.8 Å². The van der Waals surface area contributed by atoms with E-state index in [4.69, 9.17) is 0 Å². The maximum absolute atomic E-state index is 13.4. The number of carbonyl (C=O) groups is 1. The summed E-state index contributed by atoms with van der Waals surface area (Å²) in [5.74, 6) is 0.403. The van der Waals surface area contributed by atoms with Crippen molar-refractivity contribution in [1.29, 1.82) is 0 Å². The molecular formula is C24H28F3N3O. The van der Waals surface area contributed by atoms with E-state index < -0.39 is 11.7 Å². The minimum atomic E-state index is -4.36. The second kappa shape index (κ2) is 8.54. The molecule has 166 valence electrons. The molecule has 1 heterocycles. The number of hydrogen-bond donors (Lipinski definition) is 2. The average molecular weight is 432 g/mol. The molecule has 0 spiro atoms. The second-order valence-corrected chi connectivity index (χ2v) is 8.98. The van der Waals surface area contributed by atoms with E-state index >= 15 is 0 Å². The van der Waals surface area contributed by atoms with Crippen LogP contribution in [0.5, 0.6) is 0 Å². The molecule has 1 aliphatic heterocycles. The van der Waals surface area contributed by atoms with Crippen LogP contribution in [0.15, 0.2) is 48.5 Å². The minimum Gasteiger partial charge on any atom is -0.378 e. The maximum Gasteiger partial charge on any atom is 0.416 e. The number of likely N-dealkylation sites (N-methyl/N-ethyl adjacent to an activating group) is 1. The predicted octanol–water partition coefficient (Wildman–Crippen LogP) is 4.66. The number of rotatable bonds is 5. The Hall–Kier alpha value is -2.54. The molecule has 4 rings (SSSR count). The lowest BCUT2D eigenvalue weighted by Crippen LogP contribution is -2.35. The zero-order chi connectivity index (χ0) is 22.2. The number of fused-ring (bicyclic) bond motifs is 3. The molecule has 1 saturated carbocycles. The van der Waals surface area contributed by atoms with Gasteiger partial charge in [-0.15, -0.1) is 0 Å². The number of nitrogens with zero attached hydrogens (tertiary/aromatic N) is 1. The standard InChI is InChI=1S/C24H28F3N3O/c1-30(2)14-22(31)28-13-15-10-18-19-12-17(24(25,26)27)8-9-21(19)29-23(20(18)11-15)16-6-4-3-5-7-16/h3-9,12,15,18,20,23,29H,10-11,13-14H2,1-2H3,(H,28,31)/t15-,18+,20?,23-/m0/s1. The number of halogens is 3. The number of anilines is 1. The topological polar surface area (TPSA) is 44.4 Å².